The average molecular weight is 552 g/mol. The van der Waals surface area contributed by atoms with Crippen LogP contribution in [0.25, 0.3) is 0 Å². The third-order valence-corrected chi connectivity index (χ3v) is 7.21. The molecule has 1 aromatic heterocycles. The number of halogens is 1. The summed E-state index contributed by atoms with van der Waals surface area (Å²) in [5.74, 6) is 1.96. The Hall–Kier alpha value is -3.38. The van der Waals surface area contributed by atoms with E-state index in [0.717, 1.165) is 35.6 Å². The number of hydrazine groups is 1. The number of aromatic nitrogens is 2. The number of rotatable bonds is 13. The van der Waals surface area contributed by atoms with E-state index in [1.807, 2.05) is 36.4 Å². The van der Waals surface area contributed by atoms with Crippen LogP contribution in [0.3, 0.4) is 0 Å². The number of nitrogens with zero attached hydrogens (tertiary/aromatic N) is 4. The van der Waals surface area contributed by atoms with Crippen molar-refractivity contribution < 1.29 is 14.7 Å². The van der Waals surface area contributed by atoms with Crippen LogP contribution < -0.4 is 14.9 Å². The van der Waals surface area contributed by atoms with Gasteiger partial charge in [0.05, 0.1) is 22.4 Å². The van der Waals surface area contributed by atoms with Gasteiger partial charge in [0.1, 0.15) is 18.4 Å². The zero-order valence-corrected chi connectivity index (χ0v) is 24.3. The van der Waals surface area contributed by atoms with Gasteiger partial charge in [0.25, 0.3) is 0 Å². The summed E-state index contributed by atoms with van der Waals surface area (Å²) < 4.78 is 12.2. The van der Waals surface area contributed by atoms with Gasteiger partial charge in [0.15, 0.2) is 5.75 Å². The topological polar surface area (TPSA) is 104 Å². The fourth-order valence-corrected chi connectivity index (χ4v) is 4.47. The van der Waals surface area contributed by atoms with Crippen LogP contribution >= 0.6 is 11.6 Å². The van der Waals surface area contributed by atoms with Gasteiger partial charge < -0.3 is 9.47 Å². The molecule has 2 N–H and O–H groups in total. The minimum absolute atomic E-state index is 0.0113. The third-order valence-electron chi connectivity index (χ3n) is 6.93. The monoisotopic (exact) mass is 551 g/mol. The Kier molecular flexibility index (Phi) is 10.5. The SMILES string of the molecule is CCC(C)CC(CC)Oc1c(Cl)cc(C(C)(C)c2ccc(OCc3ccnc(NN(C)O)n3)cc2)cc1C#N. The number of hydroxylamine groups is 1. The quantitative estimate of drug-likeness (QED) is 0.216. The fourth-order valence-electron chi connectivity index (χ4n) is 4.20. The van der Waals surface area contributed by atoms with Crippen molar-refractivity contribution in [3.05, 3.63) is 76.1 Å². The molecule has 39 heavy (non-hydrogen) atoms. The van der Waals surface area contributed by atoms with E-state index in [2.05, 4.69) is 56.1 Å². The van der Waals surface area contributed by atoms with Gasteiger partial charge in [-0.05, 0) is 60.2 Å². The largest absolute Gasteiger partial charge is 0.487 e. The number of anilines is 1. The molecule has 0 fully saturated rings. The number of hydrogen-bond donors (Lipinski definition) is 2. The van der Waals surface area contributed by atoms with E-state index in [-0.39, 0.29) is 18.7 Å². The minimum atomic E-state index is -0.420. The fraction of sp³-hybridized carbons (Fsp3) is 0.433. The summed E-state index contributed by atoms with van der Waals surface area (Å²) in [6.45, 7) is 10.9. The first-order valence-electron chi connectivity index (χ1n) is 13.2. The second-order valence-corrected chi connectivity index (χ2v) is 10.7. The lowest BCUT2D eigenvalue weighted by Crippen LogP contribution is -2.22. The van der Waals surface area contributed by atoms with Crippen LogP contribution in [0.2, 0.25) is 5.02 Å². The highest BCUT2D eigenvalue weighted by molar-refractivity contribution is 6.32. The molecule has 208 valence electrons. The van der Waals surface area contributed by atoms with Crippen LogP contribution in [0.4, 0.5) is 5.95 Å². The summed E-state index contributed by atoms with van der Waals surface area (Å²) in [7, 11) is 1.43. The second kappa shape index (κ2) is 13.6. The molecule has 0 saturated heterocycles. The summed E-state index contributed by atoms with van der Waals surface area (Å²) in [6, 6.07) is 15.7. The van der Waals surface area contributed by atoms with Crippen molar-refractivity contribution in [2.24, 2.45) is 5.92 Å². The molecule has 0 radical (unpaired) electrons. The van der Waals surface area contributed by atoms with Gasteiger partial charge in [0, 0.05) is 18.7 Å². The Bertz CT molecular complexity index is 1270. The molecule has 1 heterocycles. The molecule has 0 saturated carbocycles. The number of benzene rings is 2. The van der Waals surface area contributed by atoms with E-state index in [9.17, 15) is 10.5 Å². The van der Waals surface area contributed by atoms with E-state index in [0.29, 0.717) is 33.7 Å². The molecule has 0 bridgehead atoms. The lowest BCUT2D eigenvalue weighted by molar-refractivity contribution is -0.0394. The van der Waals surface area contributed by atoms with Crippen molar-refractivity contribution in [2.75, 3.05) is 12.5 Å². The van der Waals surface area contributed by atoms with Crippen molar-refractivity contribution in [1.29, 1.82) is 5.26 Å². The molecule has 2 aromatic carbocycles. The highest BCUT2D eigenvalue weighted by Crippen LogP contribution is 2.39. The first-order valence-corrected chi connectivity index (χ1v) is 13.6. The van der Waals surface area contributed by atoms with Crippen LogP contribution in [-0.2, 0) is 12.0 Å². The number of ether oxygens (including phenoxy) is 2. The molecular formula is C30H38ClN5O3. The van der Waals surface area contributed by atoms with Crippen molar-refractivity contribution in [1.82, 2.24) is 15.1 Å². The molecule has 0 spiro atoms. The lowest BCUT2D eigenvalue weighted by atomic mass is 9.77. The molecule has 9 heteroatoms. The van der Waals surface area contributed by atoms with Crippen molar-refractivity contribution in [3.8, 4) is 17.6 Å². The van der Waals surface area contributed by atoms with Gasteiger partial charge in [-0.15, -0.1) is 5.17 Å². The number of nitriles is 1. The van der Waals surface area contributed by atoms with Crippen LogP contribution in [0.5, 0.6) is 11.5 Å². The highest BCUT2D eigenvalue weighted by atomic mass is 35.5. The van der Waals surface area contributed by atoms with Crippen molar-refractivity contribution in [3.63, 3.8) is 0 Å². The first-order chi connectivity index (χ1) is 18.6. The Labute approximate surface area is 236 Å². The summed E-state index contributed by atoms with van der Waals surface area (Å²) in [5.41, 5.74) is 5.25. The summed E-state index contributed by atoms with van der Waals surface area (Å²) in [4.78, 5) is 8.34. The molecule has 2 atom stereocenters. The normalized spacial score (nSPS) is 13.0. The highest BCUT2D eigenvalue weighted by Gasteiger charge is 2.27. The summed E-state index contributed by atoms with van der Waals surface area (Å²) in [5, 5.41) is 20.5. The maximum atomic E-state index is 9.93. The second-order valence-electron chi connectivity index (χ2n) is 10.3. The summed E-state index contributed by atoms with van der Waals surface area (Å²) in [6.07, 6.45) is 4.45. The van der Waals surface area contributed by atoms with Gasteiger partial charge in [-0.3, -0.25) is 10.6 Å². The molecular weight excluding hydrogens is 514 g/mol. The van der Waals surface area contributed by atoms with E-state index >= 15 is 0 Å². The zero-order chi connectivity index (χ0) is 28.6. The Balaban J connectivity index is 1.76. The Morgan fingerprint density at radius 2 is 1.85 bits per heavy atom. The maximum Gasteiger partial charge on any atom is 0.239 e. The van der Waals surface area contributed by atoms with Gasteiger partial charge >= 0.3 is 0 Å². The van der Waals surface area contributed by atoms with E-state index in [1.165, 1.54) is 7.05 Å². The van der Waals surface area contributed by atoms with Crippen LogP contribution in [0.15, 0.2) is 48.7 Å². The molecule has 3 rings (SSSR count). The minimum Gasteiger partial charge on any atom is -0.487 e. The van der Waals surface area contributed by atoms with Crippen molar-refractivity contribution >= 4 is 17.5 Å². The number of nitrogens with one attached hydrogen (secondary N) is 1. The van der Waals surface area contributed by atoms with Crippen LogP contribution in [-0.4, -0.2) is 33.5 Å². The predicted molar refractivity (Wildman–Crippen MR) is 153 cm³/mol. The predicted octanol–water partition coefficient (Wildman–Crippen LogP) is 7.15. The molecule has 2 unspecified atom stereocenters. The van der Waals surface area contributed by atoms with Crippen LogP contribution in [0.1, 0.15) is 76.3 Å². The van der Waals surface area contributed by atoms with Gasteiger partial charge in [-0.2, -0.15) is 5.26 Å². The van der Waals surface area contributed by atoms with E-state index < -0.39 is 5.41 Å². The lowest BCUT2D eigenvalue weighted by Gasteiger charge is -2.28. The Morgan fingerprint density at radius 3 is 2.46 bits per heavy atom. The molecule has 0 aliphatic carbocycles. The molecule has 8 nitrogen and oxygen atoms in total. The maximum absolute atomic E-state index is 9.93. The van der Waals surface area contributed by atoms with E-state index in [4.69, 9.17) is 21.1 Å². The molecule has 0 aliphatic heterocycles. The molecule has 0 amide bonds. The first kappa shape index (κ1) is 30.2. The van der Waals surface area contributed by atoms with Crippen molar-refractivity contribution in [2.45, 2.75) is 72.0 Å². The number of hydrogen-bond acceptors (Lipinski definition) is 8. The van der Waals surface area contributed by atoms with E-state index in [1.54, 1.807) is 12.3 Å². The standard InChI is InChI=1S/C30H38ClN5O3/c1-7-20(3)15-25(8-2)39-28-21(18-32)16-23(17-27(28)31)30(4,5)22-9-11-26(12-10-22)38-19-24-13-14-33-29(34-24)35-36(6)37/h9-14,16-17,20,25,37H,7-8,15,19H2,1-6H3,(H,33,34,35). The smallest absolute Gasteiger partial charge is 0.239 e. The van der Waals surface area contributed by atoms with Crippen LogP contribution in [0, 0.1) is 17.2 Å². The molecule has 3 aromatic rings. The van der Waals surface area contributed by atoms with Gasteiger partial charge in [-0.25, -0.2) is 9.97 Å². The molecule has 0 aliphatic rings. The average Bonchev–Trinajstić information content (AvgIpc) is 2.92. The summed E-state index contributed by atoms with van der Waals surface area (Å²) >= 11 is 6.71. The zero-order valence-electron chi connectivity index (χ0n) is 23.5. The third kappa shape index (κ3) is 8.06. The van der Waals surface area contributed by atoms with Gasteiger partial charge in [0.2, 0.25) is 5.95 Å². The van der Waals surface area contributed by atoms with Gasteiger partial charge in [-0.1, -0.05) is 64.8 Å². The Morgan fingerprint density at radius 1 is 1.13 bits per heavy atom.